The third kappa shape index (κ3) is 3.08. The fourth-order valence-electron chi connectivity index (χ4n) is 1.65. The molecule has 1 heterocycles. The second-order valence-corrected chi connectivity index (χ2v) is 4.91. The molecule has 2 aromatic rings. The van der Waals surface area contributed by atoms with Gasteiger partial charge in [0.15, 0.2) is 0 Å². The van der Waals surface area contributed by atoms with Crippen LogP contribution in [0.25, 0.3) is 0 Å². The van der Waals surface area contributed by atoms with Crippen LogP contribution in [0.4, 0.5) is 0 Å². The van der Waals surface area contributed by atoms with Gasteiger partial charge in [0.05, 0.1) is 12.6 Å². The zero-order chi connectivity index (χ0) is 12.1. The maximum absolute atomic E-state index is 10.2. The number of aliphatic hydroxyl groups is 1. The van der Waals surface area contributed by atoms with Gasteiger partial charge in [-0.1, -0.05) is 25.1 Å². The zero-order valence-electron chi connectivity index (χ0n) is 9.65. The molecule has 4 nitrogen and oxygen atoms in total. The van der Waals surface area contributed by atoms with Crippen molar-refractivity contribution in [3.63, 3.8) is 0 Å². The topological polar surface area (TPSA) is 50.9 Å². The summed E-state index contributed by atoms with van der Waals surface area (Å²) in [5.41, 5.74) is 0.954. The average Bonchev–Trinajstić information content (AvgIpc) is 2.83. The van der Waals surface area contributed by atoms with Gasteiger partial charge < -0.3 is 5.11 Å². The van der Waals surface area contributed by atoms with Crippen LogP contribution in [0.3, 0.4) is 0 Å². The summed E-state index contributed by atoms with van der Waals surface area (Å²) in [4.78, 5) is 4.99. The summed E-state index contributed by atoms with van der Waals surface area (Å²) >= 11 is 1.74. The molecule has 1 atom stereocenters. The second-order valence-electron chi connectivity index (χ2n) is 3.60. The van der Waals surface area contributed by atoms with E-state index in [-0.39, 0.29) is 0 Å². The SMILES string of the molecule is CCSc1ccccc1C(O)Cn1cncn1. The van der Waals surface area contributed by atoms with Gasteiger partial charge in [-0.15, -0.1) is 11.8 Å². The average molecular weight is 249 g/mol. The highest BCUT2D eigenvalue weighted by atomic mass is 32.2. The van der Waals surface area contributed by atoms with Crippen molar-refractivity contribution in [2.75, 3.05) is 5.75 Å². The van der Waals surface area contributed by atoms with Crippen LogP contribution < -0.4 is 0 Å². The molecule has 90 valence electrons. The molecule has 1 aromatic heterocycles. The minimum absolute atomic E-state index is 0.432. The molecule has 0 spiro atoms. The molecule has 1 N–H and O–H groups in total. The van der Waals surface area contributed by atoms with Crippen molar-refractivity contribution in [2.24, 2.45) is 0 Å². The largest absolute Gasteiger partial charge is 0.386 e. The Labute approximate surface area is 105 Å². The Morgan fingerprint density at radius 2 is 2.24 bits per heavy atom. The van der Waals surface area contributed by atoms with Crippen LogP contribution in [-0.4, -0.2) is 25.6 Å². The summed E-state index contributed by atoms with van der Waals surface area (Å²) in [5, 5.41) is 14.2. The number of hydrogen-bond acceptors (Lipinski definition) is 4. The summed E-state index contributed by atoms with van der Waals surface area (Å²) in [6.45, 7) is 2.53. The number of aromatic nitrogens is 3. The van der Waals surface area contributed by atoms with Crippen molar-refractivity contribution in [3.05, 3.63) is 42.5 Å². The Hall–Kier alpha value is -1.33. The molecule has 0 fully saturated rings. The van der Waals surface area contributed by atoms with E-state index < -0.39 is 6.10 Å². The number of thioether (sulfide) groups is 1. The van der Waals surface area contributed by atoms with Gasteiger partial charge in [-0.2, -0.15) is 5.10 Å². The minimum atomic E-state index is -0.549. The first-order valence-electron chi connectivity index (χ1n) is 5.53. The van der Waals surface area contributed by atoms with Gasteiger partial charge in [0.25, 0.3) is 0 Å². The number of nitrogens with zero attached hydrogens (tertiary/aromatic N) is 3. The number of hydrogen-bond donors (Lipinski definition) is 1. The Balaban J connectivity index is 2.15. The molecule has 0 aliphatic carbocycles. The lowest BCUT2D eigenvalue weighted by atomic mass is 10.1. The van der Waals surface area contributed by atoms with Crippen LogP contribution in [0.1, 0.15) is 18.6 Å². The first-order chi connectivity index (χ1) is 8.31. The molecular weight excluding hydrogens is 234 g/mol. The van der Waals surface area contributed by atoms with Crippen molar-refractivity contribution < 1.29 is 5.11 Å². The minimum Gasteiger partial charge on any atom is -0.386 e. The number of rotatable bonds is 5. The highest BCUT2D eigenvalue weighted by Gasteiger charge is 2.12. The lowest BCUT2D eigenvalue weighted by Crippen LogP contribution is -2.10. The van der Waals surface area contributed by atoms with Crippen LogP contribution in [0.5, 0.6) is 0 Å². The first-order valence-corrected chi connectivity index (χ1v) is 6.52. The smallest absolute Gasteiger partial charge is 0.137 e. The molecule has 5 heteroatoms. The molecule has 0 aliphatic heterocycles. The van der Waals surface area contributed by atoms with Crippen molar-refractivity contribution in [2.45, 2.75) is 24.5 Å². The van der Waals surface area contributed by atoms with Crippen LogP contribution >= 0.6 is 11.8 Å². The van der Waals surface area contributed by atoms with E-state index in [2.05, 4.69) is 17.0 Å². The third-order valence-corrected chi connectivity index (χ3v) is 3.38. The van der Waals surface area contributed by atoms with E-state index in [9.17, 15) is 5.11 Å². The second kappa shape index (κ2) is 5.84. The van der Waals surface area contributed by atoms with Crippen LogP contribution in [0.15, 0.2) is 41.8 Å². The van der Waals surface area contributed by atoms with Gasteiger partial charge in [0.1, 0.15) is 12.7 Å². The van der Waals surface area contributed by atoms with Crippen molar-refractivity contribution in [3.8, 4) is 0 Å². The monoisotopic (exact) mass is 249 g/mol. The van der Waals surface area contributed by atoms with E-state index >= 15 is 0 Å². The molecule has 0 saturated carbocycles. The van der Waals surface area contributed by atoms with Gasteiger partial charge in [-0.3, -0.25) is 4.68 Å². The fourth-order valence-corrected chi connectivity index (χ4v) is 2.50. The summed E-state index contributed by atoms with van der Waals surface area (Å²) in [6, 6.07) is 7.93. The van der Waals surface area contributed by atoms with E-state index in [0.29, 0.717) is 6.54 Å². The molecule has 2 rings (SSSR count). The molecule has 0 amide bonds. The fraction of sp³-hybridized carbons (Fsp3) is 0.333. The van der Waals surface area contributed by atoms with Crippen LogP contribution in [0.2, 0.25) is 0 Å². The highest BCUT2D eigenvalue weighted by Crippen LogP contribution is 2.27. The van der Waals surface area contributed by atoms with Gasteiger partial charge >= 0.3 is 0 Å². The first kappa shape index (κ1) is 12.1. The standard InChI is InChI=1S/C12H15N3OS/c1-2-17-12-6-4-3-5-10(12)11(16)7-15-9-13-8-14-15/h3-6,8-9,11,16H,2,7H2,1H3. The van der Waals surface area contributed by atoms with Crippen molar-refractivity contribution in [1.29, 1.82) is 0 Å². The Kier molecular flexibility index (Phi) is 4.17. The highest BCUT2D eigenvalue weighted by molar-refractivity contribution is 7.99. The predicted molar refractivity (Wildman–Crippen MR) is 67.8 cm³/mol. The Morgan fingerprint density at radius 1 is 1.41 bits per heavy atom. The number of benzene rings is 1. The summed E-state index contributed by atoms with van der Waals surface area (Å²) in [7, 11) is 0. The van der Waals surface area contributed by atoms with Crippen LogP contribution in [-0.2, 0) is 6.54 Å². The van der Waals surface area contributed by atoms with E-state index in [0.717, 1.165) is 16.2 Å². The summed E-state index contributed by atoms with van der Waals surface area (Å²) in [5.74, 6) is 0.993. The van der Waals surface area contributed by atoms with Crippen molar-refractivity contribution >= 4 is 11.8 Å². The molecular formula is C12H15N3OS. The van der Waals surface area contributed by atoms with E-state index in [1.807, 2.05) is 24.3 Å². The predicted octanol–water partition coefficient (Wildman–Crippen LogP) is 2.12. The van der Waals surface area contributed by atoms with Gasteiger partial charge in [-0.25, -0.2) is 4.98 Å². The lowest BCUT2D eigenvalue weighted by Gasteiger charge is -2.14. The van der Waals surface area contributed by atoms with Gasteiger partial charge in [-0.05, 0) is 17.4 Å². The quantitative estimate of drug-likeness (QED) is 0.825. The Morgan fingerprint density at radius 3 is 2.94 bits per heavy atom. The number of aliphatic hydroxyl groups excluding tert-OH is 1. The summed E-state index contributed by atoms with van der Waals surface area (Å²) < 4.78 is 1.64. The van der Waals surface area contributed by atoms with Crippen LogP contribution in [0, 0.1) is 0 Å². The van der Waals surface area contributed by atoms with E-state index in [4.69, 9.17) is 0 Å². The van der Waals surface area contributed by atoms with Gasteiger partial charge in [0, 0.05) is 4.90 Å². The molecule has 1 aromatic carbocycles. The molecule has 0 saturated heterocycles. The maximum Gasteiger partial charge on any atom is 0.137 e. The lowest BCUT2D eigenvalue weighted by molar-refractivity contribution is 0.148. The normalized spacial score (nSPS) is 12.6. The summed E-state index contributed by atoms with van der Waals surface area (Å²) in [6.07, 6.45) is 2.53. The molecule has 17 heavy (non-hydrogen) atoms. The van der Waals surface area contributed by atoms with Gasteiger partial charge in [0.2, 0.25) is 0 Å². The van der Waals surface area contributed by atoms with E-state index in [1.165, 1.54) is 6.33 Å². The molecule has 0 aliphatic rings. The molecule has 0 radical (unpaired) electrons. The van der Waals surface area contributed by atoms with Crippen molar-refractivity contribution in [1.82, 2.24) is 14.8 Å². The molecule has 1 unspecified atom stereocenters. The molecule has 0 bridgehead atoms. The maximum atomic E-state index is 10.2. The third-order valence-electron chi connectivity index (χ3n) is 2.40. The Bertz CT molecular complexity index is 459. The zero-order valence-corrected chi connectivity index (χ0v) is 10.5. The van der Waals surface area contributed by atoms with E-state index in [1.54, 1.807) is 22.8 Å².